The highest BCUT2D eigenvalue weighted by Crippen LogP contribution is 2.12. The predicted molar refractivity (Wildman–Crippen MR) is 63.2 cm³/mol. The fraction of sp³-hybridized carbons (Fsp3) is 0.700. The average Bonchev–Trinajstić information content (AvgIpc) is 2.67. The first-order valence-corrected chi connectivity index (χ1v) is 6.43. The van der Waals surface area contributed by atoms with Gasteiger partial charge in [-0.2, -0.15) is 0 Å². The van der Waals surface area contributed by atoms with Gasteiger partial charge in [-0.25, -0.2) is 4.98 Å². The molecule has 0 unspecified atom stereocenters. The van der Waals surface area contributed by atoms with E-state index in [1.807, 2.05) is 5.38 Å². The Morgan fingerprint density at radius 3 is 2.64 bits per heavy atom. The molecule has 0 spiro atoms. The Morgan fingerprint density at radius 2 is 2.14 bits per heavy atom. The number of alkyl halides is 1. The first-order chi connectivity index (χ1) is 6.80. The van der Waals surface area contributed by atoms with Gasteiger partial charge < -0.3 is 4.90 Å². The number of thiazole rings is 1. The standard InChI is InChI=1S/C10H17ClN2S/c1-3-13(4-2)6-5-10-12-9(7-11)8-14-10/h8H,3-7H2,1-2H3. The largest absolute Gasteiger partial charge is 0.303 e. The summed E-state index contributed by atoms with van der Waals surface area (Å²) >= 11 is 7.41. The molecule has 80 valence electrons. The van der Waals surface area contributed by atoms with Gasteiger partial charge in [-0.1, -0.05) is 13.8 Å². The number of hydrogen-bond acceptors (Lipinski definition) is 3. The van der Waals surface area contributed by atoms with Crippen molar-refractivity contribution in [1.29, 1.82) is 0 Å². The predicted octanol–water partition coefficient (Wildman–Crippen LogP) is 2.77. The van der Waals surface area contributed by atoms with Crippen LogP contribution in [0.2, 0.25) is 0 Å². The molecule has 1 rings (SSSR count). The van der Waals surface area contributed by atoms with Crippen molar-refractivity contribution < 1.29 is 0 Å². The lowest BCUT2D eigenvalue weighted by atomic mass is 10.4. The van der Waals surface area contributed by atoms with Crippen molar-refractivity contribution in [3.05, 3.63) is 16.1 Å². The molecule has 0 N–H and O–H groups in total. The van der Waals surface area contributed by atoms with Crippen LogP contribution in [-0.4, -0.2) is 29.5 Å². The van der Waals surface area contributed by atoms with Crippen molar-refractivity contribution in [2.45, 2.75) is 26.1 Å². The van der Waals surface area contributed by atoms with Gasteiger partial charge in [-0.05, 0) is 13.1 Å². The van der Waals surface area contributed by atoms with E-state index in [0.717, 1.165) is 31.7 Å². The van der Waals surface area contributed by atoms with Gasteiger partial charge in [0.2, 0.25) is 0 Å². The Morgan fingerprint density at radius 1 is 1.43 bits per heavy atom. The van der Waals surface area contributed by atoms with Gasteiger partial charge in [0, 0.05) is 18.3 Å². The summed E-state index contributed by atoms with van der Waals surface area (Å²) in [6.45, 7) is 7.71. The summed E-state index contributed by atoms with van der Waals surface area (Å²) < 4.78 is 0. The van der Waals surface area contributed by atoms with Gasteiger partial charge in [-0.3, -0.25) is 0 Å². The molecule has 2 nitrogen and oxygen atoms in total. The topological polar surface area (TPSA) is 16.1 Å². The monoisotopic (exact) mass is 232 g/mol. The smallest absolute Gasteiger partial charge is 0.0941 e. The van der Waals surface area contributed by atoms with Gasteiger partial charge in [0.1, 0.15) is 0 Å². The van der Waals surface area contributed by atoms with E-state index in [0.29, 0.717) is 5.88 Å². The fourth-order valence-electron chi connectivity index (χ4n) is 1.32. The van der Waals surface area contributed by atoms with Crippen LogP contribution < -0.4 is 0 Å². The van der Waals surface area contributed by atoms with E-state index >= 15 is 0 Å². The fourth-order valence-corrected chi connectivity index (χ4v) is 2.33. The van der Waals surface area contributed by atoms with Gasteiger partial charge in [-0.15, -0.1) is 22.9 Å². The lowest BCUT2D eigenvalue weighted by molar-refractivity contribution is 0.308. The van der Waals surface area contributed by atoms with Crippen molar-refractivity contribution in [3.63, 3.8) is 0 Å². The van der Waals surface area contributed by atoms with Gasteiger partial charge in [0.25, 0.3) is 0 Å². The molecule has 0 aliphatic rings. The maximum absolute atomic E-state index is 5.69. The average molecular weight is 233 g/mol. The third kappa shape index (κ3) is 3.56. The van der Waals surface area contributed by atoms with Crippen molar-refractivity contribution in [3.8, 4) is 0 Å². The third-order valence-electron chi connectivity index (χ3n) is 2.27. The zero-order valence-electron chi connectivity index (χ0n) is 8.79. The highest BCUT2D eigenvalue weighted by atomic mass is 35.5. The zero-order valence-corrected chi connectivity index (χ0v) is 10.4. The number of halogens is 1. The van der Waals surface area contributed by atoms with Gasteiger partial charge in [0.05, 0.1) is 16.6 Å². The van der Waals surface area contributed by atoms with E-state index < -0.39 is 0 Å². The molecule has 0 aromatic carbocycles. The Kier molecular flexibility index (Phi) is 5.45. The van der Waals surface area contributed by atoms with Crippen LogP contribution in [0.25, 0.3) is 0 Å². The van der Waals surface area contributed by atoms with E-state index in [9.17, 15) is 0 Å². The Labute approximate surface area is 94.9 Å². The minimum Gasteiger partial charge on any atom is -0.303 e. The normalized spacial score (nSPS) is 11.1. The molecule has 0 amide bonds. The molecule has 4 heteroatoms. The van der Waals surface area contributed by atoms with E-state index in [2.05, 4.69) is 23.7 Å². The molecule has 0 aliphatic heterocycles. The summed E-state index contributed by atoms with van der Waals surface area (Å²) in [5.41, 5.74) is 1.01. The van der Waals surface area contributed by atoms with Gasteiger partial charge >= 0.3 is 0 Å². The highest BCUT2D eigenvalue weighted by Gasteiger charge is 2.03. The van der Waals surface area contributed by atoms with Crippen LogP contribution >= 0.6 is 22.9 Å². The summed E-state index contributed by atoms with van der Waals surface area (Å²) in [6.07, 6.45) is 1.04. The summed E-state index contributed by atoms with van der Waals surface area (Å²) in [5, 5.41) is 3.25. The molecule has 0 atom stereocenters. The second-order valence-electron chi connectivity index (χ2n) is 3.14. The van der Waals surface area contributed by atoms with Crippen molar-refractivity contribution in [1.82, 2.24) is 9.88 Å². The maximum atomic E-state index is 5.69. The number of likely N-dealkylation sites (N-methyl/N-ethyl adjacent to an activating group) is 1. The Balaban J connectivity index is 2.37. The summed E-state index contributed by atoms with van der Waals surface area (Å²) in [5.74, 6) is 0.530. The van der Waals surface area contributed by atoms with Crippen LogP contribution in [0.3, 0.4) is 0 Å². The van der Waals surface area contributed by atoms with E-state index in [-0.39, 0.29) is 0 Å². The quantitative estimate of drug-likeness (QED) is 0.702. The number of hydrogen-bond donors (Lipinski definition) is 0. The summed E-state index contributed by atoms with van der Waals surface area (Å²) in [7, 11) is 0. The van der Waals surface area contributed by atoms with Gasteiger partial charge in [0.15, 0.2) is 0 Å². The van der Waals surface area contributed by atoms with Crippen LogP contribution in [-0.2, 0) is 12.3 Å². The van der Waals surface area contributed by atoms with Crippen LogP contribution in [0, 0.1) is 0 Å². The molecular weight excluding hydrogens is 216 g/mol. The van der Waals surface area contributed by atoms with Crippen LogP contribution in [0.4, 0.5) is 0 Å². The molecule has 1 aromatic rings. The molecule has 1 aromatic heterocycles. The Bertz CT molecular complexity index is 258. The number of nitrogens with zero attached hydrogens (tertiary/aromatic N) is 2. The molecule has 0 aliphatic carbocycles. The molecule has 0 saturated heterocycles. The molecular formula is C10H17ClN2S. The molecule has 0 bridgehead atoms. The van der Waals surface area contributed by atoms with Crippen LogP contribution in [0.5, 0.6) is 0 Å². The second-order valence-corrected chi connectivity index (χ2v) is 4.35. The van der Waals surface area contributed by atoms with Crippen molar-refractivity contribution in [2.75, 3.05) is 19.6 Å². The van der Waals surface area contributed by atoms with E-state index in [4.69, 9.17) is 11.6 Å². The third-order valence-corrected chi connectivity index (χ3v) is 3.50. The van der Waals surface area contributed by atoms with Crippen molar-refractivity contribution in [2.24, 2.45) is 0 Å². The first-order valence-electron chi connectivity index (χ1n) is 5.01. The molecule has 0 fully saturated rings. The van der Waals surface area contributed by atoms with E-state index in [1.165, 1.54) is 5.01 Å². The lowest BCUT2D eigenvalue weighted by Gasteiger charge is -2.16. The number of rotatable bonds is 6. The van der Waals surface area contributed by atoms with Crippen LogP contribution in [0.1, 0.15) is 24.5 Å². The molecule has 1 heterocycles. The SMILES string of the molecule is CCN(CC)CCc1nc(CCl)cs1. The first kappa shape index (κ1) is 12.0. The minimum absolute atomic E-state index is 0.530. The minimum atomic E-state index is 0.530. The lowest BCUT2D eigenvalue weighted by Crippen LogP contribution is -2.25. The van der Waals surface area contributed by atoms with E-state index in [1.54, 1.807) is 11.3 Å². The second kappa shape index (κ2) is 6.38. The molecule has 0 radical (unpaired) electrons. The molecule has 14 heavy (non-hydrogen) atoms. The Hall–Kier alpha value is -0.120. The highest BCUT2D eigenvalue weighted by molar-refractivity contribution is 7.09. The summed E-state index contributed by atoms with van der Waals surface area (Å²) in [6, 6.07) is 0. The molecule has 0 saturated carbocycles. The summed E-state index contributed by atoms with van der Waals surface area (Å²) in [4.78, 5) is 6.83. The maximum Gasteiger partial charge on any atom is 0.0941 e. The zero-order chi connectivity index (χ0) is 10.4. The van der Waals surface area contributed by atoms with Crippen LogP contribution in [0.15, 0.2) is 5.38 Å². The number of aromatic nitrogens is 1. The van der Waals surface area contributed by atoms with Crippen molar-refractivity contribution >= 4 is 22.9 Å².